The summed E-state index contributed by atoms with van der Waals surface area (Å²) in [5.74, 6) is 0. The fourth-order valence-corrected chi connectivity index (χ4v) is 0. The largest absolute Gasteiger partial charge is 0.397 e. The van der Waals surface area contributed by atoms with Gasteiger partial charge in [-0.25, -0.2) is 10.1 Å². The van der Waals surface area contributed by atoms with E-state index in [1.807, 2.05) is 0 Å². The highest BCUT2D eigenvalue weighted by molar-refractivity contribution is 7.49. The second-order valence-electron chi connectivity index (χ2n) is 1.30. The highest BCUT2D eigenvalue weighted by Gasteiger charge is 1.96. The van der Waals surface area contributed by atoms with Crippen molar-refractivity contribution in [3.05, 3.63) is 12.2 Å². The zero-order chi connectivity index (χ0) is 6.62. The van der Waals surface area contributed by atoms with Crippen LogP contribution in [0.3, 0.4) is 0 Å². The SMILES string of the molecule is C1=CC1.NP(=O)(O)O. The molecule has 0 unspecified atom stereocenters. The van der Waals surface area contributed by atoms with Gasteiger partial charge in [0, 0.05) is 0 Å². The van der Waals surface area contributed by atoms with Gasteiger partial charge in [-0.15, -0.1) is 0 Å². The minimum absolute atomic E-state index is 1.25. The van der Waals surface area contributed by atoms with Gasteiger partial charge in [-0.2, -0.15) is 0 Å². The maximum absolute atomic E-state index is 9.10. The molecule has 0 aromatic rings. The van der Waals surface area contributed by atoms with E-state index < -0.39 is 7.75 Å². The van der Waals surface area contributed by atoms with Crippen LogP contribution < -0.4 is 5.50 Å². The number of hydrogen-bond acceptors (Lipinski definition) is 1. The molecule has 0 radical (unpaired) electrons. The summed E-state index contributed by atoms with van der Waals surface area (Å²) in [5, 5.41) is 0. The van der Waals surface area contributed by atoms with Gasteiger partial charge in [-0.05, 0) is 6.42 Å². The highest BCUT2D eigenvalue weighted by atomic mass is 31.2. The molecule has 48 valence electrons. The van der Waals surface area contributed by atoms with Gasteiger partial charge in [0.25, 0.3) is 0 Å². The molecule has 1 aliphatic carbocycles. The van der Waals surface area contributed by atoms with Gasteiger partial charge in [0.2, 0.25) is 0 Å². The quantitative estimate of drug-likeness (QED) is 0.323. The Kier molecular flexibility index (Phi) is 2.94. The Morgan fingerprint density at radius 2 is 1.62 bits per heavy atom. The topological polar surface area (TPSA) is 83.6 Å². The van der Waals surface area contributed by atoms with Crippen LogP contribution in [-0.2, 0) is 4.57 Å². The van der Waals surface area contributed by atoms with Crippen molar-refractivity contribution >= 4 is 7.75 Å². The molecule has 0 saturated heterocycles. The van der Waals surface area contributed by atoms with Crippen molar-refractivity contribution in [3.8, 4) is 0 Å². The smallest absolute Gasteiger partial charge is 0.313 e. The Balaban J connectivity index is 0.000000135. The molecule has 4 nitrogen and oxygen atoms in total. The first-order valence-corrected chi connectivity index (χ1v) is 3.67. The summed E-state index contributed by atoms with van der Waals surface area (Å²) in [6, 6.07) is 0. The number of rotatable bonds is 0. The van der Waals surface area contributed by atoms with E-state index >= 15 is 0 Å². The molecule has 0 atom stereocenters. The molecule has 1 rings (SSSR count). The van der Waals surface area contributed by atoms with E-state index in [0.717, 1.165) is 0 Å². The van der Waals surface area contributed by atoms with Crippen LogP contribution >= 0.6 is 7.75 Å². The van der Waals surface area contributed by atoms with Crippen LogP contribution in [0.1, 0.15) is 6.42 Å². The summed E-state index contributed by atoms with van der Waals surface area (Å²) in [4.78, 5) is 14.8. The molecule has 0 aromatic heterocycles. The van der Waals surface area contributed by atoms with Crippen molar-refractivity contribution in [2.24, 2.45) is 5.50 Å². The zero-order valence-corrected chi connectivity index (χ0v) is 5.08. The van der Waals surface area contributed by atoms with Gasteiger partial charge < -0.3 is 9.79 Å². The van der Waals surface area contributed by atoms with Crippen molar-refractivity contribution in [2.75, 3.05) is 0 Å². The molecule has 0 aromatic carbocycles. The van der Waals surface area contributed by atoms with E-state index in [-0.39, 0.29) is 0 Å². The van der Waals surface area contributed by atoms with Crippen LogP contribution in [0, 0.1) is 0 Å². The standard InChI is InChI=1S/C3H4.H4NO3P/c1-2-3-1;1-5(2,3)4/h1-2H,3H2;(H4,1,2,3,4). The average molecular weight is 137 g/mol. The molecule has 0 aliphatic heterocycles. The van der Waals surface area contributed by atoms with Gasteiger partial charge >= 0.3 is 7.75 Å². The summed E-state index contributed by atoms with van der Waals surface area (Å²) in [5.41, 5.74) is 4.02. The number of nitrogens with two attached hydrogens (primary N) is 1. The minimum Gasteiger partial charge on any atom is -0.313 e. The summed E-state index contributed by atoms with van der Waals surface area (Å²) in [6.07, 6.45) is 5.50. The molecule has 0 saturated carbocycles. The first-order valence-electron chi connectivity index (χ1n) is 1.99. The number of allylic oxidation sites excluding steroid dienone is 2. The molecule has 5 heteroatoms. The molecule has 1 aliphatic rings. The first-order chi connectivity index (χ1) is 3.50. The van der Waals surface area contributed by atoms with Crippen molar-refractivity contribution in [3.63, 3.8) is 0 Å². The van der Waals surface area contributed by atoms with Crippen molar-refractivity contribution in [2.45, 2.75) is 6.42 Å². The molecular weight excluding hydrogens is 129 g/mol. The van der Waals surface area contributed by atoms with E-state index in [1.165, 1.54) is 6.42 Å². The van der Waals surface area contributed by atoms with Gasteiger partial charge in [0.1, 0.15) is 0 Å². The predicted octanol–water partition coefficient (Wildman–Crippen LogP) is -0.0159. The maximum atomic E-state index is 9.10. The lowest BCUT2D eigenvalue weighted by Crippen LogP contribution is -1.87. The molecule has 0 fully saturated rings. The first kappa shape index (κ1) is 7.85. The second-order valence-corrected chi connectivity index (χ2v) is 2.47. The minimum atomic E-state index is -4.14. The predicted molar refractivity (Wildman–Crippen MR) is 30.0 cm³/mol. The van der Waals surface area contributed by atoms with Crippen LogP contribution in [0.5, 0.6) is 0 Å². The summed E-state index contributed by atoms with van der Waals surface area (Å²) in [7, 11) is -4.14. The molecule has 0 spiro atoms. The Bertz CT molecular complexity index is 114. The third-order valence-corrected chi connectivity index (χ3v) is 0.236. The van der Waals surface area contributed by atoms with Gasteiger partial charge in [-0.3, -0.25) is 0 Å². The Hall–Kier alpha value is -0.150. The van der Waals surface area contributed by atoms with Crippen LogP contribution in [0.25, 0.3) is 0 Å². The summed E-state index contributed by atoms with van der Waals surface area (Å²) < 4.78 is 9.10. The Morgan fingerprint density at radius 3 is 1.62 bits per heavy atom. The highest BCUT2D eigenvalue weighted by Crippen LogP contribution is 2.20. The lowest BCUT2D eigenvalue weighted by atomic mass is 10.9. The van der Waals surface area contributed by atoms with Crippen molar-refractivity contribution in [1.29, 1.82) is 0 Å². The van der Waals surface area contributed by atoms with E-state index in [1.54, 1.807) is 0 Å². The van der Waals surface area contributed by atoms with E-state index in [0.29, 0.717) is 0 Å². The van der Waals surface area contributed by atoms with Crippen LogP contribution in [0.2, 0.25) is 0 Å². The van der Waals surface area contributed by atoms with E-state index in [2.05, 4.69) is 17.7 Å². The second kappa shape index (κ2) is 2.99. The molecule has 0 amide bonds. The summed E-state index contributed by atoms with van der Waals surface area (Å²) >= 11 is 0. The van der Waals surface area contributed by atoms with Gasteiger partial charge in [-0.1, -0.05) is 12.2 Å². The monoisotopic (exact) mass is 137 g/mol. The van der Waals surface area contributed by atoms with E-state index in [4.69, 9.17) is 14.4 Å². The van der Waals surface area contributed by atoms with E-state index in [9.17, 15) is 0 Å². The van der Waals surface area contributed by atoms with Crippen LogP contribution in [0.4, 0.5) is 0 Å². The molecule has 4 N–H and O–H groups in total. The third kappa shape index (κ3) is 190. The Morgan fingerprint density at radius 1 is 1.50 bits per heavy atom. The Labute approximate surface area is 47.2 Å². The van der Waals surface area contributed by atoms with Crippen LogP contribution in [0.15, 0.2) is 12.2 Å². The van der Waals surface area contributed by atoms with Crippen LogP contribution in [-0.4, -0.2) is 9.79 Å². The average Bonchev–Trinajstić information content (AvgIpc) is 1.95. The molecule has 0 heterocycles. The lowest BCUT2D eigenvalue weighted by Gasteiger charge is -1.84. The fraction of sp³-hybridized carbons (Fsp3) is 0.333. The van der Waals surface area contributed by atoms with Gasteiger partial charge in [0.05, 0.1) is 0 Å². The van der Waals surface area contributed by atoms with Gasteiger partial charge in [0.15, 0.2) is 0 Å². The molecular formula is C3H8NO3P. The van der Waals surface area contributed by atoms with Crippen molar-refractivity contribution in [1.82, 2.24) is 0 Å². The fourth-order valence-electron chi connectivity index (χ4n) is 0. The maximum Gasteiger partial charge on any atom is 0.397 e. The molecule has 8 heavy (non-hydrogen) atoms. The summed E-state index contributed by atoms with van der Waals surface area (Å²) in [6.45, 7) is 0. The van der Waals surface area contributed by atoms with Crippen molar-refractivity contribution < 1.29 is 14.4 Å². The normalized spacial score (nSPS) is 14.4. The number of hydrogen-bond donors (Lipinski definition) is 3. The molecule has 0 bridgehead atoms. The zero-order valence-electron chi connectivity index (χ0n) is 4.19. The third-order valence-electron chi connectivity index (χ3n) is 0.236. The lowest BCUT2D eigenvalue weighted by molar-refractivity contribution is 0.374.